The van der Waals surface area contributed by atoms with Gasteiger partial charge >= 0.3 is 0 Å². The quantitative estimate of drug-likeness (QED) is 0.308. The predicted molar refractivity (Wildman–Crippen MR) is 137 cm³/mol. The first kappa shape index (κ1) is 23.7. The van der Waals surface area contributed by atoms with Gasteiger partial charge in [0.05, 0.1) is 6.54 Å². The molecule has 2 aliphatic heterocycles. The molecule has 1 unspecified atom stereocenters. The zero-order chi connectivity index (χ0) is 25.4. The molecule has 0 aliphatic carbocycles. The molecule has 2 aliphatic rings. The topological polar surface area (TPSA) is 60.6 Å². The lowest BCUT2D eigenvalue weighted by Crippen LogP contribution is -2.46. The van der Waals surface area contributed by atoms with Crippen LogP contribution in [0.15, 0.2) is 77.2 Å². The van der Waals surface area contributed by atoms with Crippen LogP contribution in [-0.4, -0.2) is 34.3 Å². The fourth-order valence-electron chi connectivity index (χ4n) is 5.63. The van der Waals surface area contributed by atoms with Crippen LogP contribution in [0.1, 0.15) is 49.6 Å². The Morgan fingerprint density at radius 1 is 1.00 bits per heavy atom. The van der Waals surface area contributed by atoms with E-state index in [0.717, 1.165) is 42.0 Å². The Labute approximate surface area is 216 Å². The minimum atomic E-state index is -0.630. The van der Waals surface area contributed by atoms with Crippen LogP contribution in [0.4, 0.5) is 4.39 Å². The molecule has 0 bridgehead atoms. The van der Waals surface area contributed by atoms with E-state index in [1.807, 2.05) is 42.5 Å². The third-order valence-electron chi connectivity index (χ3n) is 7.71. The third kappa shape index (κ3) is 4.37. The van der Waals surface area contributed by atoms with Crippen LogP contribution in [0, 0.1) is 11.7 Å². The van der Waals surface area contributed by atoms with Crippen molar-refractivity contribution in [2.45, 2.75) is 44.8 Å². The number of halogens is 1. The van der Waals surface area contributed by atoms with E-state index < -0.39 is 5.41 Å². The summed E-state index contributed by atoms with van der Waals surface area (Å²) in [5.41, 5.74) is 1.36. The van der Waals surface area contributed by atoms with E-state index in [0.29, 0.717) is 36.5 Å². The number of para-hydroxylation sites is 2. The molecule has 6 rings (SSSR count). The molecule has 3 aromatic carbocycles. The summed E-state index contributed by atoms with van der Waals surface area (Å²) in [6.45, 7) is 6.44. The smallest absolute Gasteiger partial charge is 0.231 e. The monoisotopic (exact) mass is 499 g/mol. The third-order valence-corrected chi connectivity index (χ3v) is 7.71. The summed E-state index contributed by atoms with van der Waals surface area (Å²) < 4.78 is 32.5. The normalized spacial score (nSPS) is 20.5. The Morgan fingerprint density at radius 3 is 2.43 bits per heavy atom. The van der Waals surface area contributed by atoms with Crippen molar-refractivity contribution in [1.82, 2.24) is 15.1 Å². The van der Waals surface area contributed by atoms with Crippen LogP contribution < -0.4 is 9.47 Å². The van der Waals surface area contributed by atoms with Gasteiger partial charge < -0.3 is 13.9 Å². The van der Waals surface area contributed by atoms with Crippen molar-refractivity contribution in [2.24, 2.45) is 5.92 Å². The summed E-state index contributed by atoms with van der Waals surface area (Å²) in [4.78, 5) is 2.28. The molecule has 3 heterocycles. The van der Waals surface area contributed by atoms with E-state index in [1.165, 1.54) is 12.1 Å². The second kappa shape index (κ2) is 9.63. The van der Waals surface area contributed by atoms with E-state index in [1.54, 1.807) is 6.07 Å². The molecular formula is C30H30FN3O3. The van der Waals surface area contributed by atoms with Crippen LogP contribution in [0.3, 0.4) is 0 Å². The molecule has 0 amide bonds. The van der Waals surface area contributed by atoms with Crippen LogP contribution in [0.2, 0.25) is 0 Å². The molecule has 0 radical (unpaired) electrons. The number of benzene rings is 3. The summed E-state index contributed by atoms with van der Waals surface area (Å²) in [6.07, 6.45) is 1.97. The maximum atomic E-state index is 13.7. The highest BCUT2D eigenvalue weighted by molar-refractivity contribution is 5.60. The Morgan fingerprint density at radius 2 is 1.73 bits per heavy atom. The lowest BCUT2D eigenvalue weighted by molar-refractivity contribution is 0.0304. The molecule has 37 heavy (non-hydrogen) atoms. The number of rotatable bonds is 6. The number of hydrogen-bond donors (Lipinski definition) is 0. The number of ether oxygens (including phenoxy) is 2. The van der Waals surface area contributed by atoms with E-state index in [2.05, 4.69) is 41.1 Å². The highest BCUT2D eigenvalue weighted by Crippen LogP contribution is 2.50. The maximum absolute atomic E-state index is 13.7. The molecular weight excluding hydrogens is 469 g/mol. The van der Waals surface area contributed by atoms with Crippen molar-refractivity contribution in [2.75, 3.05) is 13.1 Å². The van der Waals surface area contributed by atoms with Crippen molar-refractivity contribution in [3.63, 3.8) is 0 Å². The van der Waals surface area contributed by atoms with Crippen molar-refractivity contribution in [3.05, 3.63) is 102 Å². The first-order valence-corrected chi connectivity index (χ1v) is 12.9. The van der Waals surface area contributed by atoms with Crippen LogP contribution in [0.25, 0.3) is 0 Å². The lowest BCUT2D eigenvalue weighted by Gasteiger charge is -2.37. The fourth-order valence-corrected chi connectivity index (χ4v) is 5.63. The van der Waals surface area contributed by atoms with Gasteiger partial charge in [0.1, 0.15) is 34.6 Å². The molecule has 6 nitrogen and oxygen atoms in total. The van der Waals surface area contributed by atoms with Gasteiger partial charge in [-0.15, -0.1) is 10.2 Å². The molecule has 1 aromatic heterocycles. The fraction of sp³-hybridized carbons (Fsp3) is 0.333. The predicted octanol–water partition coefficient (Wildman–Crippen LogP) is 6.35. The molecule has 190 valence electrons. The largest absolute Gasteiger partial charge is 0.489 e. The minimum Gasteiger partial charge on any atom is -0.489 e. The summed E-state index contributed by atoms with van der Waals surface area (Å²) in [5.74, 6) is 3.38. The van der Waals surface area contributed by atoms with Crippen molar-refractivity contribution in [3.8, 4) is 17.2 Å². The van der Waals surface area contributed by atoms with Gasteiger partial charge in [-0.05, 0) is 56.5 Å². The molecule has 7 heteroatoms. The first-order chi connectivity index (χ1) is 18.0. The van der Waals surface area contributed by atoms with Crippen molar-refractivity contribution < 1.29 is 18.3 Å². The van der Waals surface area contributed by atoms with Gasteiger partial charge in [0, 0.05) is 23.7 Å². The molecule has 0 spiro atoms. The molecule has 0 saturated carbocycles. The van der Waals surface area contributed by atoms with Gasteiger partial charge in [-0.1, -0.05) is 49.4 Å². The van der Waals surface area contributed by atoms with Gasteiger partial charge in [0.15, 0.2) is 0 Å². The Bertz CT molecular complexity index is 1360. The van der Waals surface area contributed by atoms with E-state index in [9.17, 15) is 4.39 Å². The Kier molecular flexibility index (Phi) is 6.16. The Hall–Kier alpha value is -3.71. The van der Waals surface area contributed by atoms with Crippen molar-refractivity contribution in [1.29, 1.82) is 0 Å². The summed E-state index contributed by atoms with van der Waals surface area (Å²) in [7, 11) is 0. The second-order valence-electron chi connectivity index (χ2n) is 10.0. The summed E-state index contributed by atoms with van der Waals surface area (Å²) >= 11 is 0. The van der Waals surface area contributed by atoms with Gasteiger partial charge in [0.25, 0.3) is 0 Å². The summed E-state index contributed by atoms with van der Waals surface area (Å²) in [6, 6.07) is 22.4. The standard InChI is InChI=1S/C30H30FN3O3/c1-3-20-15-16-34(18-27(20)35-22-10-8-9-21(31)17-22)19-28-32-33-29(37-28)30(2)23-11-4-6-13-25(23)36-26-14-7-5-12-24(26)30/h4-14,17,20,27H,3,15-16,18-19H2,1-2H3/t20-,27?/m1/s1. The number of fused-ring (bicyclic) bond motifs is 2. The number of nitrogens with zero attached hydrogens (tertiary/aromatic N) is 3. The average molecular weight is 500 g/mol. The second-order valence-corrected chi connectivity index (χ2v) is 10.0. The van der Waals surface area contributed by atoms with E-state index in [4.69, 9.17) is 13.9 Å². The van der Waals surface area contributed by atoms with E-state index >= 15 is 0 Å². The number of likely N-dealkylation sites (tertiary alicyclic amines) is 1. The van der Waals surface area contributed by atoms with Crippen molar-refractivity contribution >= 4 is 0 Å². The summed E-state index contributed by atoms with van der Waals surface area (Å²) in [5, 5.41) is 8.98. The highest BCUT2D eigenvalue weighted by Gasteiger charge is 2.44. The lowest BCUT2D eigenvalue weighted by atomic mass is 9.74. The zero-order valence-electron chi connectivity index (χ0n) is 21.1. The van der Waals surface area contributed by atoms with E-state index in [-0.39, 0.29) is 11.9 Å². The number of aromatic nitrogens is 2. The average Bonchev–Trinajstić information content (AvgIpc) is 3.38. The van der Waals surface area contributed by atoms with Crippen LogP contribution in [-0.2, 0) is 12.0 Å². The molecule has 1 saturated heterocycles. The van der Waals surface area contributed by atoms with Gasteiger partial charge in [-0.25, -0.2) is 4.39 Å². The van der Waals surface area contributed by atoms with Gasteiger partial charge in [-0.2, -0.15) is 0 Å². The zero-order valence-corrected chi connectivity index (χ0v) is 21.1. The minimum absolute atomic E-state index is 0.0327. The van der Waals surface area contributed by atoms with Crippen LogP contribution >= 0.6 is 0 Å². The van der Waals surface area contributed by atoms with Gasteiger partial charge in [0.2, 0.25) is 11.8 Å². The number of hydrogen-bond acceptors (Lipinski definition) is 6. The van der Waals surface area contributed by atoms with Crippen LogP contribution in [0.5, 0.6) is 17.2 Å². The number of piperidine rings is 1. The first-order valence-electron chi connectivity index (χ1n) is 12.9. The SMILES string of the molecule is CC[C@@H]1CCN(Cc2nnc(C3(C)c4ccccc4Oc4ccccc43)o2)CC1Oc1cccc(F)c1. The highest BCUT2D eigenvalue weighted by atomic mass is 19.1. The maximum Gasteiger partial charge on any atom is 0.231 e. The Balaban J connectivity index is 1.24. The molecule has 0 N–H and O–H groups in total. The van der Waals surface area contributed by atoms with Gasteiger partial charge in [-0.3, -0.25) is 4.90 Å². The molecule has 2 atom stereocenters. The molecule has 1 fully saturated rings. The molecule has 4 aromatic rings.